The number of aromatic nitrogens is 1. The van der Waals surface area contributed by atoms with Gasteiger partial charge < -0.3 is 9.84 Å². The Morgan fingerprint density at radius 1 is 1.18 bits per heavy atom. The number of benzene rings is 1. The van der Waals surface area contributed by atoms with Gasteiger partial charge in [-0.3, -0.25) is 9.69 Å². The van der Waals surface area contributed by atoms with Gasteiger partial charge in [0, 0.05) is 30.6 Å². The molecule has 33 heavy (non-hydrogen) atoms. The predicted molar refractivity (Wildman–Crippen MR) is 125 cm³/mol. The van der Waals surface area contributed by atoms with Gasteiger partial charge in [0.2, 0.25) is 15.9 Å². The molecule has 2 fully saturated rings. The van der Waals surface area contributed by atoms with Gasteiger partial charge in [0.1, 0.15) is 10.6 Å². The number of carbonyl (C=O) groups is 1. The fraction of sp³-hybridized carbons (Fsp3) is 0.565. The van der Waals surface area contributed by atoms with Crippen LogP contribution in [0.5, 0.6) is 0 Å². The Bertz CT molecular complexity index is 1070. The van der Waals surface area contributed by atoms with E-state index in [1.165, 1.54) is 4.31 Å². The molecule has 1 N–H and O–H groups in total. The molecule has 1 atom stereocenters. The van der Waals surface area contributed by atoms with Crippen LogP contribution in [0.3, 0.4) is 0 Å². The first kappa shape index (κ1) is 24.2. The van der Waals surface area contributed by atoms with Crippen molar-refractivity contribution >= 4 is 27.5 Å². The molecule has 10 heteroatoms. The number of aryl methyl sites for hydroxylation is 2. The van der Waals surface area contributed by atoms with Crippen molar-refractivity contribution in [3.8, 4) is 0 Å². The van der Waals surface area contributed by atoms with Crippen LogP contribution in [0.1, 0.15) is 48.7 Å². The lowest BCUT2D eigenvalue weighted by Crippen LogP contribution is -2.45. The van der Waals surface area contributed by atoms with Gasteiger partial charge in [0.25, 0.3) is 0 Å². The van der Waals surface area contributed by atoms with Crippen LogP contribution in [-0.4, -0.2) is 61.4 Å². The van der Waals surface area contributed by atoms with Crippen molar-refractivity contribution in [1.82, 2.24) is 19.7 Å². The summed E-state index contributed by atoms with van der Waals surface area (Å²) in [7, 11) is -3.68. The van der Waals surface area contributed by atoms with Crippen molar-refractivity contribution < 1.29 is 17.7 Å². The highest BCUT2D eigenvalue weighted by Gasteiger charge is 2.36. The highest BCUT2D eigenvalue weighted by atomic mass is 35.5. The zero-order valence-corrected chi connectivity index (χ0v) is 20.7. The number of amides is 1. The van der Waals surface area contributed by atoms with Crippen LogP contribution in [0.2, 0.25) is 5.02 Å². The van der Waals surface area contributed by atoms with Gasteiger partial charge in [-0.2, -0.15) is 4.31 Å². The van der Waals surface area contributed by atoms with Crippen LogP contribution in [-0.2, 0) is 14.8 Å². The number of halogens is 1. The number of carbonyl (C=O) groups excluding carboxylic acids is 1. The van der Waals surface area contributed by atoms with Gasteiger partial charge in [-0.15, -0.1) is 0 Å². The summed E-state index contributed by atoms with van der Waals surface area (Å²) >= 11 is 6.47. The van der Waals surface area contributed by atoms with E-state index in [2.05, 4.69) is 15.4 Å². The molecule has 2 saturated heterocycles. The van der Waals surface area contributed by atoms with E-state index in [9.17, 15) is 13.2 Å². The van der Waals surface area contributed by atoms with Gasteiger partial charge in [-0.25, -0.2) is 8.42 Å². The van der Waals surface area contributed by atoms with Crippen LogP contribution in [0.25, 0.3) is 0 Å². The molecule has 0 spiro atoms. The van der Waals surface area contributed by atoms with Crippen LogP contribution in [0, 0.1) is 19.8 Å². The van der Waals surface area contributed by atoms with Crippen molar-refractivity contribution in [2.75, 3.05) is 32.7 Å². The minimum Gasteiger partial charge on any atom is -0.360 e. The Morgan fingerprint density at radius 3 is 2.45 bits per heavy atom. The average molecular weight is 495 g/mol. The van der Waals surface area contributed by atoms with E-state index in [-0.39, 0.29) is 22.8 Å². The summed E-state index contributed by atoms with van der Waals surface area (Å²) in [4.78, 5) is 15.5. The van der Waals surface area contributed by atoms with Gasteiger partial charge in [0.15, 0.2) is 5.76 Å². The third-order valence-corrected chi connectivity index (χ3v) is 9.19. The Balaban J connectivity index is 1.37. The molecule has 3 heterocycles. The lowest BCUT2D eigenvalue weighted by Gasteiger charge is -2.32. The van der Waals surface area contributed by atoms with Crippen LogP contribution in [0.15, 0.2) is 33.7 Å². The molecule has 0 radical (unpaired) electrons. The van der Waals surface area contributed by atoms with Gasteiger partial charge in [-0.05, 0) is 64.3 Å². The quantitative estimate of drug-likeness (QED) is 0.634. The smallest absolute Gasteiger partial charge is 0.248 e. The minimum absolute atomic E-state index is 0.0272. The molecule has 0 saturated carbocycles. The molecule has 2 aliphatic heterocycles. The summed E-state index contributed by atoms with van der Waals surface area (Å²) in [5.41, 5.74) is 1.39. The molecule has 1 amide bonds. The maximum Gasteiger partial charge on any atom is 0.248 e. The van der Waals surface area contributed by atoms with Crippen molar-refractivity contribution in [2.45, 2.75) is 50.5 Å². The number of nitrogens with one attached hydrogen (secondary N) is 1. The number of piperidine rings is 1. The summed E-state index contributed by atoms with van der Waals surface area (Å²) in [6.07, 6.45) is 3.25. The normalized spacial score (nSPS) is 19.6. The number of likely N-dealkylation sites (tertiary alicyclic amines) is 1. The van der Waals surface area contributed by atoms with E-state index in [1.807, 2.05) is 24.3 Å². The molecular formula is C23H31ClN4O4S. The molecule has 0 aliphatic carbocycles. The summed E-state index contributed by atoms with van der Waals surface area (Å²) in [6, 6.07) is 7.83. The summed E-state index contributed by atoms with van der Waals surface area (Å²) < 4.78 is 32.5. The van der Waals surface area contributed by atoms with Crippen molar-refractivity contribution in [1.29, 1.82) is 0 Å². The Labute approximate surface area is 200 Å². The maximum absolute atomic E-state index is 13.0. The molecule has 1 aromatic carbocycles. The van der Waals surface area contributed by atoms with E-state index < -0.39 is 10.0 Å². The Kier molecular flexibility index (Phi) is 7.43. The molecule has 1 unspecified atom stereocenters. The van der Waals surface area contributed by atoms with Crippen molar-refractivity contribution in [3.05, 3.63) is 46.3 Å². The fourth-order valence-electron chi connectivity index (χ4n) is 4.91. The molecule has 2 aromatic rings. The highest BCUT2D eigenvalue weighted by molar-refractivity contribution is 7.89. The number of nitrogens with zero attached hydrogens (tertiary/aromatic N) is 3. The highest BCUT2D eigenvalue weighted by Crippen LogP contribution is 2.31. The Morgan fingerprint density at radius 2 is 1.85 bits per heavy atom. The first-order valence-corrected chi connectivity index (χ1v) is 13.3. The lowest BCUT2D eigenvalue weighted by molar-refractivity contribution is -0.126. The molecule has 8 nitrogen and oxygen atoms in total. The number of hydrogen-bond acceptors (Lipinski definition) is 6. The third kappa shape index (κ3) is 5.11. The fourth-order valence-corrected chi connectivity index (χ4v) is 6.93. The van der Waals surface area contributed by atoms with E-state index in [4.69, 9.17) is 16.1 Å². The first-order valence-electron chi connectivity index (χ1n) is 11.5. The molecule has 0 bridgehead atoms. The van der Waals surface area contributed by atoms with E-state index in [1.54, 1.807) is 13.8 Å². The van der Waals surface area contributed by atoms with Crippen molar-refractivity contribution in [2.24, 2.45) is 5.92 Å². The van der Waals surface area contributed by atoms with Gasteiger partial charge in [0.05, 0.1) is 6.04 Å². The van der Waals surface area contributed by atoms with Crippen LogP contribution >= 0.6 is 11.6 Å². The zero-order valence-electron chi connectivity index (χ0n) is 19.1. The lowest BCUT2D eigenvalue weighted by atomic mass is 9.97. The van der Waals surface area contributed by atoms with Crippen LogP contribution < -0.4 is 5.32 Å². The van der Waals surface area contributed by atoms with Gasteiger partial charge in [-0.1, -0.05) is 35.0 Å². The molecular weight excluding hydrogens is 464 g/mol. The summed E-state index contributed by atoms with van der Waals surface area (Å²) in [6.45, 7) is 6.28. The second-order valence-electron chi connectivity index (χ2n) is 8.86. The topological polar surface area (TPSA) is 95.8 Å². The van der Waals surface area contributed by atoms with Crippen molar-refractivity contribution in [3.63, 3.8) is 0 Å². The number of rotatable bonds is 7. The molecule has 180 valence electrons. The molecule has 1 aromatic heterocycles. The average Bonchev–Trinajstić information content (AvgIpc) is 3.45. The van der Waals surface area contributed by atoms with E-state index in [0.29, 0.717) is 49.0 Å². The second kappa shape index (κ2) is 10.1. The largest absolute Gasteiger partial charge is 0.360 e. The summed E-state index contributed by atoms with van der Waals surface area (Å²) in [5.74, 6) is 0.0483. The first-order chi connectivity index (χ1) is 15.8. The number of hydrogen-bond donors (Lipinski definition) is 1. The van der Waals surface area contributed by atoms with Crippen LogP contribution in [0.4, 0.5) is 0 Å². The van der Waals surface area contributed by atoms with E-state index in [0.717, 1.165) is 31.5 Å². The van der Waals surface area contributed by atoms with Gasteiger partial charge >= 0.3 is 0 Å². The second-order valence-corrected chi connectivity index (χ2v) is 11.1. The monoisotopic (exact) mass is 494 g/mol. The maximum atomic E-state index is 13.0. The standard InChI is InChI=1S/C23H31ClN4O4S/c1-16-22(17(2)32-26-16)33(30,31)28-13-9-18(10-14-28)23(29)25-15-21(27-11-5-6-12-27)19-7-3-4-8-20(19)24/h3-4,7-8,18,21H,5-6,9-15H2,1-2H3,(H,25,29). The minimum atomic E-state index is -3.68. The molecule has 4 rings (SSSR count). The molecule has 2 aliphatic rings. The SMILES string of the molecule is Cc1noc(C)c1S(=O)(=O)N1CCC(C(=O)NCC(c2ccccc2Cl)N2CCCC2)CC1. The third-order valence-electron chi connectivity index (χ3n) is 6.71. The Hall–Kier alpha value is -1.94. The summed E-state index contributed by atoms with van der Waals surface area (Å²) in [5, 5.41) is 7.60. The predicted octanol–water partition coefficient (Wildman–Crippen LogP) is 3.30. The zero-order chi connectivity index (χ0) is 23.6. The van der Waals surface area contributed by atoms with E-state index >= 15 is 0 Å². The number of sulfonamides is 1.